The molecule has 132 valence electrons. The van der Waals surface area contributed by atoms with Crippen molar-refractivity contribution in [3.8, 4) is 0 Å². The lowest BCUT2D eigenvalue weighted by Crippen LogP contribution is -2.44. The van der Waals surface area contributed by atoms with Crippen LogP contribution in [-0.2, 0) is 4.74 Å². The summed E-state index contributed by atoms with van der Waals surface area (Å²) in [6.07, 6.45) is -2.11. The van der Waals surface area contributed by atoms with Gasteiger partial charge in [-0.3, -0.25) is 10.1 Å². The first-order chi connectivity index (χ1) is 12.0. The van der Waals surface area contributed by atoms with Gasteiger partial charge >= 0.3 is 0 Å². The molecule has 0 unspecified atom stereocenters. The van der Waals surface area contributed by atoms with Crippen molar-refractivity contribution in [2.75, 3.05) is 11.9 Å². The van der Waals surface area contributed by atoms with Crippen LogP contribution in [-0.4, -0.2) is 40.2 Å². The third-order valence-electron chi connectivity index (χ3n) is 3.78. The van der Waals surface area contributed by atoms with Crippen molar-refractivity contribution in [3.05, 3.63) is 58.6 Å². The van der Waals surface area contributed by atoms with E-state index >= 15 is 0 Å². The second-order valence-corrected chi connectivity index (χ2v) is 6.87. The molecule has 0 radical (unpaired) electrons. The molecule has 2 aromatic carbocycles. The molecule has 0 aliphatic carbocycles. The van der Waals surface area contributed by atoms with E-state index in [2.05, 4.69) is 5.32 Å². The molecule has 25 heavy (non-hydrogen) atoms. The molecule has 0 amide bonds. The largest absolute Gasteiger partial charge is 0.390 e. The van der Waals surface area contributed by atoms with Crippen molar-refractivity contribution in [1.82, 2.24) is 0 Å². The van der Waals surface area contributed by atoms with Crippen molar-refractivity contribution in [2.24, 2.45) is 0 Å². The molecule has 1 heterocycles. The van der Waals surface area contributed by atoms with Gasteiger partial charge in [0, 0.05) is 34.0 Å². The number of nitrogens with zero attached hydrogens (tertiary/aromatic N) is 1. The van der Waals surface area contributed by atoms with Gasteiger partial charge in [-0.05, 0) is 18.2 Å². The van der Waals surface area contributed by atoms with Crippen LogP contribution in [0.15, 0.2) is 58.3 Å². The van der Waals surface area contributed by atoms with Crippen molar-refractivity contribution >= 4 is 23.1 Å². The Kier molecular flexibility index (Phi) is 5.54. The third kappa shape index (κ3) is 4.70. The molecule has 0 aromatic heterocycles. The minimum absolute atomic E-state index is 0.0133. The number of benzene rings is 2. The second kappa shape index (κ2) is 7.83. The van der Waals surface area contributed by atoms with Crippen LogP contribution in [0.2, 0.25) is 0 Å². The zero-order valence-electron chi connectivity index (χ0n) is 13.2. The number of nitro benzene ring substituents is 1. The molecule has 1 saturated heterocycles. The Bertz CT molecular complexity index is 743. The molecule has 1 aliphatic heterocycles. The number of anilines is 1. The number of hydrogen-bond acceptors (Lipinski definition) is 7. The summed E-state index contributed by atoms with van der Waals surface area (Å²) >= 11 is 1.42. The van der Waals surface area contributed by atoms with Crippen molar-refractivity contribution < 1.29 is 19.9 Å². The minimum atomic E-state index is -0.910. The monoisotopic (exact) mass is 362 g/mol. The molecular formula is C17H18N2O5S. The molecule has 3 N–H and O–H groups in total. The van der Waals surface area contributed by atoms with E-state index in [1.54, 1.807) is 6.07 Å². The number of nitro groups is 1. The Balaban J connectivity index is 1.79. The molecule has 1 aliphatic rings. The molecule has 2 aromatic rings. The highest BCUT2D eigenvalue weighted by Crippen LogP contribution is 2.33. The molecule has 0 saturated carbocycles. The van der Waals surface area contributed by atoms with Gasteiger partial charge in [-0.25, -0.2) is 0 Å². The standard InChI is InChI=1S/C17H18N2O5S/c20-15-9-17(24-10-16(15)21)18-11-6-12(19(22)23)8-14(7-11)25-13-4-2-1-3-5-13/h1-8,15-18,20-21H,9-10H2/t15-,16-,17-/m0/s1. The maximum Gasteiger partial charge on any atom is 0.272 e. The van der Waals surface area contributed by atoms with Crippen LogP contribution in [0.5, 0.6) is 0 Å². The van der Waals surface area contributed by atoms with E-state index in [0.29, 0.717) is 5.69 Å². The highest BCUT2D eigenvalue weighted by atomic mass is 32.2. The van der Waals surface area contributed by atoms with Gasteiger partial charge in [0.05, 0.1) is 17.6 Å². The SMILES string of the molecule is O=[N+]([O-])c1cc(N[C@@H]2C[C@H](O)[C@@H](O)CO2)cc(Sc2ccccc2)c1. The maximum atomic E-state index is 11.2. The molecule has 0 bridgehead atoms. The van der Waals surface area contributed by atoms with E-state index in [1.165, 1.54) is 23.9 Å². The minimum Gasteiger partial charge on any atom is -0.390 e. The number of nitrogens with one attached hydrogen (secondary N) is 1. The summed E-state index contributed by atoms with van der Waals surface area (Å²) in [5, 5.41) is 33.5. The summed E-state index contributed by atoms with van der Waals surface area (Å²) in [5.41, 5.74) is 0.501. The summed E-state index contributed by atoms with van der Waals surface area (Å²) in [7, 11) is 0. The van der Waals surface area contributed by atoms with E-state index < -0.39 is 23.4 Å². The molecule has 3 rings (SSSR count). The Morgan fingerprint density at radius 1 is 1.12 bits per heavy atom. The highest BCUT2D eigenvalue weighted by Gasteiger charge is 2.28. The van der Waals surface area contributed by atoms with Crippen LogP contribution < -0.4 is 5.32 Å². The summed E-state index contributed by atoms with van der Waals surface area (Å²) in [4.78, 5) is 12.5. The van der Waals surface area contributed by atoms with E-state index in [-0.39, 0.29) is 18.7 Å². The van der Waals surface area contributed by atoms with Gasteiger partial charge in [0.2, 0.25) is 0 Å². The normalized spacial score (nSPS) is 23.2. The maximum absolute atomic E-state index is 11.2. The number of ether oxygens (including phenoxy) is 1. The van der Waals surface area contributed by atoms with Crippen LogP contribution >= 0.6 is 11.8 Å². The third-order valence-corrected chi connectivity index (χ3v) is 4.76. The van der Waals surface area contributed by atoms with Crippen LogP contribution in [0, 0.1) is 10.1 Å². The number of non-ortho nitro benzene ring substituents is 1. The van der Waals surface area contributed by atoms with E-state index in [9.17, 15) is 20.3 Å². The predicted molar refractivity (Wildman–Crippen MR) is 93.7 cm³/mol. The number of aliphatic hydroxyl groups excluding tert-OH is 2. The first kappa shape index (κ1) is 17.7. The lowest BCUT2D eigenvalue weighted by molar-refractivity contribution is -0.385. The first-order valence-corrected chi connectivity index (χ1v) is 8.59. The summed E-state index contributed by atoms with van der Waals surface area (Å²) in [6, 6.07) is 14.3. The molecule has 0 spiro atoms. The van der Waals surface area contributed by atoms with Gasteiger partial charge in [-0.2, -0.15) is 0 Å². The summed E-state index contributed by atoms with van der Waals surface area (Å²) in [5.74, 6) is 0. The summed E-state index contributed by atoms with van der Waals surface area (Å²) in [6.45, 7) is 0.0133. The lowest BCUT2D eigenvalue weighted by Gasteiger charge is -2.31. The second-order valence-electron chi connectivity index (χ2n) is 5.72. The Morgan fingerprint density at radius 3 is 2.56 bits per heavy atom. The van der Waals surface area contributed by atoms with Crippen molar-refractivity contribution in [3.63, 3.8) is 0 Å². The van der Waals surface area contributed by atoms with Gasteiger partial charge < -0.3 is 20.3 Å². The number of hydrogen-bond donors (Lipinski definition) is 3. The Hall–Kier alpha value is -2.13. The zero-order chi connectivity index (χ0) is 17.8. The molecule has 7 nitrogen and oxygen atoms in total. The quantitative estimate of drug-likeness (QED) is 0.555. The van der Waals surface area contributed by atoms with Gasteiger partial charge in [-0.15, -0.1) is 0 Å². The number of aliphatic hydroxyl groups is 2. The zero-order valence-corrected chi connectivity index (χ0v) is 14.1. The average molecular weight is 362 g/mol. The lowest BCUT2D eigenvalue weighted by atomic mass is 10.1. The fourth-order valence-electron chi connectivity index (χ4n) is 2.51. The van der Waals surface area contributed by atoms with Crippen molar-refractivity contribution in [1.29, 1.82) is 0 Å². The Morgan fingerprint density at radius 2 is 1.88 bits per heavy atom. The van der Waals surface area contributed by atoms with E-state index in [0.717, 1.165) is 9.79 Å². The van der Waals surface area contributed by atoms with Gasteiger partial charge in [-0.1, -0.05) is 30.0 Å². The first-order valence-electron chi connectivity index (χ1n) is 7.78. The fourth-order valence-corrected chi connectivity index (χ4v) is 3.44. The summed E-state index contributed by atoms with van der Waals surface area (Å²) < 4.78 is 5.43. The van der Waals surface area contributed by atoms with Crippen molar-refractivity contribution in [2.45, 2.75) is 34.6 Å². The smallest absolute Gasteiger partial charge is 0.272 e. The highest BCUT2D eigenvalue weighted by molar-refractivity contribution is 7.99. The predicted octanol–water partition coefficient (Wildman–Crippen LogP) is 2.63. The van der Waals surface area contributed by atoms with Crippen LogP contribution in [0.3, 0.4) is 0 Å². The van der Waals surface area contributed by atoms with Crippen LogP contribution in [0.4, 0.5) is 11.4 Å². The van der Waals surface area contributed by atoms with E-state index in [4.69, 9.17) is 4.74 Å². The average Bonchev–Trinajstić information content (AvgIpc) is 2.59. The van der Waals surface area contributed by atoms with E-state index in [1.807, 2.05) is 30.3 Å². The van der Waals surface area contributed by atoms with Gasteiger partial charge in [0.15, 0.2) is 0 Å². The number of rotatable bonds is 5. The van der Waals surface area contributed by atoms with Crippen LogP contribution in [0.25, 0.3) is 0 Å². The van der Waals surface area contributed by atoms with Gasteiger partial charge in [0.1, 0.15) is 12.3 Å². The topological polar surface area (TPSA) is 105 Å². The molecule has 1 fully saturated rings. The molecule has 8 heteroatoms. The van der Waals surface area contributed by atoms with Gasteiger partial charge in [0.25, 0.3) is 5.69 Å². The molecule has 3 atom stereocenters. The van der Waals surface area contributed by atoms with Crippen LogP contribution in [0.1, 0.15) is 6.42 Å². The fraction of sp³-hybridized carbons (Fsp3) is 0.294. The molecular weight excluding hydrogens is 344 g/mol. The Labute approximate surface area is 148 Å².